The molecular weight excluding hydrogens is 911 g/mol. The second-order valence-electron chi connectivity index (χ2n) is 21.6. The third kappa shape index (κ3) is 53.7. The molecule has 2 rings (SSSR count). The number of Topliss-reactive ketones (excluding diaryl/α,β-unsaturated/α-hetero) is 1. The Kier molecular flexibility index (Phi) is 63.4. The molecule has 3 unspecified atom stereocenters. The Morgan fingerprint density at radius 2 is 1.08 bits per heavy atom. The normalized spacial score (nSPS) is 16.5. The average Bonchev–Trinajstić information content (AvgIpc) is 3.40. The zero-order valence-corrected chi connectivity index (χ0v) is 51.4. The minimum atomic E-state index is 0.0362. The summed E-state index contributed by atoms with van der Waals surface area (Å²) in [5, 5.41) is 9.34. The number of aliphatic hydroxyl groups is 1. The quantitative estimate of drug-likeness (QED) is 0.0513. The third-order valence-corrected chi connectivity index (χ3v) is 15.9. The van der Waals surface area contributed by atoms with Gasteiger partial charge in [-0.25, -0.2) is 0 Å². The van der Waals surface area contributed by atoms with Crippen molar-refractivity contribution in [2.75, 3.05) is 38.3 Å². The molecule has 0 heterocycles. The van der Waals surface area contributed by atoms with Crippen LogP contribution in [-0.2, 0) is 23.9 Å². The van der Waals surface area contributed by atoms with E-state index in [1.807, 2.05) is 39.5 Å². The number of hydrogen-bond donors (Lipinski definition) is 1. The molecule has 0 aliphatic heterocycles. The number of rotatable bonds is 33. The van der Waals surface area contributed by atoms with E-state index < -0.39 is 0 Å². The van der Waals surface area contributed by atoms with Crippen molar-refractivity contribution in [1.29, 1.82) is 0 Å². The van der Waals surface area contributed by atoms with Crippen LogP contribution < -0.4 is 0 Å². The van der Waals surface area contributed by atoms with E-state index >= 15 is 0 Å². The fourth-order valence-electron chi connectivity index (χ4n) is 9.87. The number of thioether (sulfide) groups is 1. The molecule has 0 aromatic rings. The molecule has 3 atom stereocenters. The maximum atomic E-state index is 13.1. The second-order valence-corrected chi connectivity index (χ2v) is 22.7. The van der Waals surface area contributed by atoms with E-state index in [1.54, 1.807) is 0 Å². The van der Waals surface area contributed by atoms with Crippen molar-refractivity contribution in [3.8, 4) is 0 Å². The minimum Gasteiger partial charge on any atom is -0.465 e. The second kappa shape index (κ2) is 60.7. The molecule has 0 saturated heterocycles. The van der Waals surface area contributed by atoms with Gasteiger partial charge in [0, 0.05) is 24.8 Å². The summed E-state index contributed by atoms with van der Waals surface area (Å²) in [6.07, 6.45) is 48.8. The van der Waals surface area contributed by atoms with Crippen LogP contribution in [0.5, 0.6) is 0 Å². The van der Waals surface area contributed by atoms with Crippen molar-refractivity contribution in [2.24, 2.45) is 17.8 Å². The van der Waals surface area contributed by atoms with Crippen molar-refractivity contribution in [2.45, 2.75) is 338 Å². The van der Waals surface area contributed by atoms with Crippen molar-refractivity contribution >= 4 is 29.5 Å². The van der Waals surface area contributed by atoms with Gasteiger partial charge in [-0.15, -0.1) is 0 Å². The van der Waals surface area contributed by atoms with Crippen LogP contribution in [0.4, 0.5) is 0 Å². The van der Waals surface area contributed by atoms with E-state index in [-0.39, 0.29) is 36.4 Å². The van der Waals surface area contributed by atoms with Crippen LogP contribution in [0, 0.1) is 17.8 Å². The van der Waals surface area contributed by atoms with E-state index in [2.05, 4.69) is 39.6 Å². The third-order valence-electron chi connectivity index (χ3n) is 14.7. The highest BCUT2D eigenvalue weighted by Gasteiger charge is 2.21. The molecule has 0 aromatic heterocycles. The fourth-order valence-corrected chi connectivity index (χ4v) is 10.9. The molecule has 7 nitrogen and oxygen atoms in total. The van der Waals surface area contributed by atoms with Crippen LogP contribution in [0.25, 0.3) is 0 Å². The van der Waals surface area contributed by atoms with E-state index in [0.29, 0.717) is 19.1 Å². The van der Waals surface area contributed by atoms with Crippen molar-refractivity contribution < 1.29 is 29.0 Å². The highest BCUT2D eigenvalue weighted by Crippen LogP contribution is 2.28. The summed E-state index contributed by atoms with van der Waals surface area (Å²) >= 11 is 1.98. The maximum absolute atomic E-state index is 13.1. The molecule has 0 amide bonds. The van der Waals surface area contributed by atoms with Gasteiger partial charge in [0.05, 0.1) is 12.5 Å². The van der Waals surface area contributed by atoms with Crippen molar-refractivity contribution in [3.05, 3.63) is 0 Å². The lowest BCUT2D eigenvalue weighted by Crippen LogP contribution is -2.32. The van der Waals surface area contributed by atoms with Gasteiger partial charge in [0.1, 0.15) is 11.9 Å². The molecule has 0 spiro atoms. The molecular formula is C64H129NO6S. The summed E-state index contributed by atoms with van der Waals surface area (Å²) in [5.41, 5.74) is 0. The van der Waals surface area contributed by atoms with Crippen LogP contribution in [0.15, 0.2) is 0 Å². The van der Waals surface area contributed by atoms with E-state index in [4.69, 9.17) is 9.47 Å². The van der Waals surface area contributed by atoms with Gasteiger partial charge in [-0.3, -0.25) is 9.59 Å². The van der Waals surface area contributed by atoms with Crippen LogP contribution in [0.2, 0.25) is 0 Å². The lowest BCUT2D eigenvalue weighted by molar-refractivity contribution is -0.150. The van der Waals surface area contributed by atoms with Crippen LogP contribution in [0.3, 0.4) is 0 Å². The summed E-state index contributed by atoms with van der Waals surface area (Å²) < 4.78 is 12.0. The number of carbonyl (C=O) groups is 3. The lowest BCUT2D eigenvalue weighted by Gasteiger charge is -2.28. The molecule has 8 heteroatoms. The Labute approximate surface area is 455 Å². The Morgan fingerprint density at radius 3 is 1.61 bits per heavy atom. The standard InChI is InChI=1S/C49H93NO5S.C8H18.C3H6O.2C2H6/c1-3-4-5-25-36-47(55-48(52)38-37-44-30-19-16-20-31-44)43-56-42-29-18-24-35-46(50(2)39-26-27-40-51)34-23-17-28-41-54-49(53)45-32-21-14-12-10-8-6-7-9-11-13-15-22-33-45;1-4-6-7-8(3)5-2;1-3(2)4;2*1-2/h44-47,51H,3-43H2,1-2H3;8H,4-7H2,1-3H3;1-2H3;2*1-2H3. The van der Waals surface area contributed by atoms with Crippen molar-refractivity contribution in [1.82, 2.24) is 4.90 Å². The molecule has 0 radical (unpaired) electrons. The summed E-state index contributed by atoms with van der Waals surface area (Å²) in [6.45, 7) is 22.0. The molecule has 432 valence electrons. The molecule has 2 saturated carbocycles. The van der Waals surface area contributed by atoms with Gasteiger partial charge in [0.25, 0.3) is 0 Å². The van der Waals surface area contributed by atoms with Gasteiger partial charge < -0.3 is 24.3 Å². The van der Waals surface area contributed by atoms with Crippen LogP contribution in [-0.4, -0.2) is 78.2 Å². The zero-order valence-electron chi connectivity index (χ0n) is 50.6. The highest BCUT2D eigenvalue weighted by atomic mass is 32.2. The maximum Gasteiger partial charge on any atom is 0.308 e. The monoisotopic (exact) mass is 1040 g/mol. The van der Waals surface area contributed by atoms with Crippen molar-refractivity contribution in [3.63, 3.8) is 0 Å². The van der Waals surface area contributed by atoms with E-state index in [1.165, 1.54) is 206 Å². The number of unbranched alkanes of at least 4 members (excludes halogenated alkanes) is 9. The van der Waals surface area contributed by atoms with Gasteiger partial charge >= 0.3 is 11.9 Å². The first-order chi connectivity index (χ1) is 35.1. The Hall–Kier alpha value is -1.12. The first kappa shape index (κ1) is 75.1. The number of aliphatic hydroxyl groups excluding tert-OH is 1. The lowest BCUT2D eigenvalue weighted by atomic mass is 9.86. The van der Waals surface area contributed by atoms with Crippen LogP contribution in [0.1, 0.15) is 326 Å². The molecule has 0 bridgehead atoms. The van der Waals surface area contributed by atoms with E-state index in [9.17, 15) is 19.5 Å². The Bertz CT molecular complexity index is 1080. The van der Waals surface area contributed by atoms with Gasteiger partial charge in [-0.05, 0) is 116 Å². The van der Waals surface area contributed by atoms with Gasteiger partial charge in [-0.2, -0.15) is 11.8 Å². The first-order valence-electron chi connectivity index (χ1n) is 31.8. The Balaban J connectivity index is -0.00000258. The largest absolute Gasteiger partial charge is 0.465 e. The number of esters is 2. The first-order valence-corrected chi connectivity index (χ1v) is 32.9. The number of carbonyl (C=O) groups excluding carboxylic acids is 3. The summed E-state index contributed by atoms with van der Waals surface area (Å²) in [6, 6.07) is 0.568. The average molecular weight is 1040 g/mol. The predicted octanol–water partition coefficient (Wildman–Crippen LogP) is 19.7. The molecule has 1 N–H and O–H groups in total. The van der Waals surface area contributed by atoms with Gasteiger partial charge in [0.15, 0.2) is 0 Å². The molecule has 2 aliphatic carbocycles. The fraction of sp³-hybridized carbons (Fsp3) is 0.953. The molecule has 0 aromatic carbocycles. The summed E-state index contributed by atoms with van der Waals surface area (Å²) in [5.74, 6) is 4.14. The highest BCUT2D eigenvalue weighted by molar-refractivity contribution is 7.99. The molecule has 2 aliphatic rings. The number of ketones is 1. The number of nitrogens with zero attached hydrogens (tertiary/aromatic N) is 1. The Morgan fingerprint density at radius 1 is 0.597 bits per heavy atom. The zero-order chi connectivity index (χ0) is 54.1. The van der Waals surface area contributed by atoms with Gasteiger partial charge in [-0.1, -0.05) is 235 Å². The summed E-state index contributed by atoms with van der Waals surface area (Å²) in [4.78, 5) is 37.9. The van der Waals surface area contributed by atoms with Gasteiger partial charge in [0.2, 0.25) is 0 Å². The molecule has 72 heavy (non-hydrogen) atoms. The SMILES string of the molecule is CC.CC.CC(C)=O.CCCCC(C)CC.CCCCCCC(CSCCCCCC(CCCCCOC(=O)C1CCCCCCCCCCCCCC1)N(C)CCCCO)OC(=O)CCC1CCCCC1. The minimum absolute atomic E-state index is 0.0362. The molecule has 2 fully saturated rings. The smallest absolute Gasteiger partial charge is 0.308 e. The summed E-state index contributed by atoms with van der Waals surface area (Å²) in [7, 11) is 2.27. The topological polar surface area (TPSA) is 93.1 Å². The van der Waals surface area contributed by atoms with Crippen LogP contribution >= 0.6 is 11.8 Å². The van der Waals surface area contributed by atoms with E-state index in [0.717, 1.165) is 87.7 Å². The number of hydrogen-bond acceptors (Lipinski definition) is 8. The number of ether oxygens (including phenoxy) is 2. The predicted molar refractivity (Wildman–Crippen MR) is 319 cm³/mol.